The molecule has 0 spiro atoms. The van der Waals surface area contributed by atoms with Crippen LogP contribution in [0, 0.1) is 0 Å². The van der Waals surface area contributed by atoms with Gasteiger partial charge in [0.05, 0.1) is 0 Å². The number of para-hydroxylation sites is 1. The molecule has 112 valence electrons. The summed E-state index contributed by atoms with van der Waals surface area (Å²) in [6, 6.07) is 7.65. The summed E-state index contributed by atoms with van der Waals surface area (Å²) in [5, 5.41) is 2.82. The molecule has 0 saturated carbocycles. The molecular weight excluding hydrogens is 256 g/mol. The van der Waals surface area contributed by atoms with Gasteiger partial charge in [0, 0.05) is 20.3 Å². The minimum Gasteiger partial charge on any atom is -0.481 e. The molecule has 0 aliphatic rings. The number of nitrogens with two attached hydrogens (primary N) is 1. The molecule has 0 aromatic heterocycles. The van der Waals surface area contributed by atoms with E-state index in [4.69, 9.17) is 15.2 Å². The van der Waals surface area contributed by atoms with Crippen LogP contribution in [0.4, 0.5) is 0 Å². The van der Waals surface area contributed by atoms with Crippen LogP contribution in [0.25, 0.3) is 0 Å². The number of hydrogen-bond acceptors (Lipinski definition) is 4. The average Bonchev–Trinajstić information content (AvgIpc) is 2.45. The number of carbonyl (C=O) groups is 1. The first kappa shape index (κ1) is 16.5. The number of methoxy groups -OCH3 is 1. The summed E-state index contributed by atoms with van der Waals surface area (Å²) in [4.78, 5) is 11.9. The molecule has 3 N–H and O–H groups in total. The van der Waals surface area contributed by atoms with E-state index in [1.54, 1.807) is 14.0 Å². The van der Waals surface area contributed by atoms with Crippen molar-refractivity contribution in [2.75, 3.05) is 26.8 Å². The van der Waals surface area contributed by atoms with Gasteiger partial charge in [0.2, 0.25) is 0 Å². The van der Waals surface area contributed by atoms with Gasteiger partial charge in [-0.1, -0.05) is 18.2 Å². The highest BCUT2D eigenvalue weighted by molar-refractivity contribution is 5.80. The summed E-state index contributed by atoms with van der Waals surface area (Å²) >= 11 is 0. The lowest BCUT2D eigenvalue weighted by molar-refractivity contribution is -0.127. The minimum atomic E-state index is -0.531. The van der Waals surface area contributed by atoms with E-state index in [1.807, 2.05) is 24.3 Å². The van der Waals surface area contributed by atoms with Crippen LogP contribution in [-0.4, -0.2) is 38.8 Å². The van der Waals surface area contributed by atoms with Crippen molar-refractivity contribution in [2.45, 2.75) is 25.9 Å². The summed E-state index contributed by atoms with van der Waals surface area (Å²) in [7, 11) is 1.64. The molecule has 1 unspecified atom stereocenters. The monoisotopic (exact) mass is 280 g/mol. The van der Waals surface area contributed by atoms with E-state index in [1.165, 1.54) is 0 Å². The zero-order chi connectivity index (χ0) is 14.8. The number of ether oxygens (including phenoxy) is 2. The van der Waals surface area contributed by atoms with E-state index in [2.05, 4.69) is 5.32 Å². The Labute approximate surface area is 120 Å². The number of hydrogen-bond donors (Lipinski definition) is 2. The Kier molecular flexibility index (Phi) is 7.69. The summed E-state index contributed by atoms with van der Waals surface area (Å²) in [6.07, 6.45) is 0.994. The predicted molar refractivity (Wildman–Crippen MR) is 78.8 cm³/mol. The van der Waals surface area contributed by atoms with Gasteiger partial charge in [-0.15, -0.1) is 0 Å². The molecule has 1 rings (SSSR count). The maximum absolute atomic E-state index is 11.9. The molecule has 20 heavy (non-hydrogen) atoms. The van der Waals surface area contributed by atoms with Gasteiger partial charge in [-0.3, -0.25) is 4.79 Å². The fourth-order valence-electron chi connectivity index (χ4n) is 1.80. The smallest absolute Gasteiger partial charge is 0.260 e. The summed E-state index contributed by atoms with van der Waals surface area (Å²) in [5.41, 5.74) is 6.59. The molecule has 5 heteroatoms. The lowest BCUT2D eigenvalue weighted by atomic mass is 10.1. The second kappa shape index (κ2) is 9.34. The first-order valence-electron chi connectivity index (χ1n) is 6.90. The topological polar surface area (TPSA) is 73.6 Å². The van der Waals surface area contributed by atoms with Gasteiger partial charge in [0.15, 0.2) is 6.10 Å². The molecule has 0 saturated heterocycles. The van der Waals surface area contributed by atoms with Gasteiger partial charge >= 0.3 is 0 Å². The van der Waals surface area contributed by atoms with Crippen LogP contribution in [0.3, 0.4) is 0 Å². The van der Waals surface area contributed by atoms with Gasteiger partial charge in [0.25, 0.3) is 5.91 Å². The molecule has 0 fully saturated rings. The lowest BCUT2D eigenvalue weighted by Gasteiger charge is -2.17. The zero-order valence-corrected chi connectivity index (χ0v) is 12.2. The van der Waals surface area contributed by atoms with E-state index in [0.717, 1.165) is 24.2 Å². The van der Waals surface area contributed by atoms with Crippen LogP contribution in [0.2, 0.25) is 0 Å². The first-order valence-corrected chi connectivity index (χ1v) is 6.90. The van der Waals surface area contributed by atoms with E-state index >= 15 is 0 Å². The van der Waals surface area contributed by atoms with Crippen molar-refractivity contribution >= 4 is 5.91 Å². The molecule has 0 heterocycles. The van der Waals surface area contributed by atoms with Crippen molar-refractivity contribution in [3.63, 3.8) is 0 Å². The van der Waals surface area contributed by atoms with Crippen molar-refractivity contribution in [1.82, 2.24) is 5.32 Å². The molecular formula is C15H24N2O3. The molecule has 1 amide bonds. The summed E-state index contributed by atoms with van der Waals surface area (Å²) in [5.74, 6) is 0.598. The van der Waals surface area contributed by atoms with Gasteiger partial charge in [0.1, 0.15) is 5.75 Å². The molecule has 0 radical (unpaired) electrons. The zero-order valence-electron chi connectivity index (χ0n) is 12.2. The van der Waals surface area contributed by atoms with Crippen LogP contribution >= 0.6 is 0 Å². The quantitative estimate of drug-likeness (QED) is 0.665. The van der Waals surface area contributed by atoms with E-state index < -0.39 is 6.10 Å². The first-order chi connectivity index (χ1) is 9.69. The lowest BCUT2D eigenvalue weighted by Crippen LogP contribution is -2.37. The molecule has 5 nitrogen and oxygen atoms in total. The fraction of sp³-hybridized carbons (Fsp3) is 0.533. The van der Waals surface area contributed by atoms with Gasteiger partial charge in [-0.2, -0.15) is 0 Å². The van der Waals surface area contributed by atoms with Crippen LogP contribution in [0.1, 0.15) is 18.9 Å². The van der Waals surface area contributed by atoms with Gasteiger partial charge in [-0.05, 0) is 37.9 Å². The normalized spacial score (nSPS) is 11.9. The van der Waals surface area contributed by atoms with Gasteiger partial charge < -0.3 is 20.5 Å². The van der Waals surface area contributed by atoms with E-state index in [9.17, 15) is 4.79 Å². The van der Waals surface area contributed by atoms with E-state index in [-0.39, 0.29) is 5.91 Å². The summed E-state index contributed by atoms with van der Waals surface area (Å²) < 4.78 is 10.6. The molecule has 0 aliphatic carbocycles. The highest BCUT2D eigenvalue weighted by Gasteiger charge is 2.15. The maximum Gasteiger partial charge on any atom is 0.260 e. The molecule has 0 bridgehead atoms. The fourth-order valence-corrected chi connectivity index (χ4v) is 1.80. The number of nitrogens with one attached hydrogen (secondary N) is 1. The number of rotatable bonds is 9. The number of amides is 1. The van der Waals surface area contributed by atoms with Crippen molar-refractivity contribution < 1.29 is 14.3 Å². The Balaban J connectivity index is 2.48. The SMILES string of the molecule is COCCCNC(=O)C(C)Oc1ccccc1CCN. The van der Waals surface area contributed by atoms with Crippen LogP contribution in [0.5, 0.6) is 5.75 Å². The molecule has 1 atom stereocenters. The second-order valence-corrected chi connectivity index (χ2v) is 4.54. The van der Waals surface area contributed by atoms with Crippen LogP contribution in [-0.2, 0) is 16.0 Å². The van der Waals surface area contributed by atoms with Crippen molar-refractivity contribution in [2.24, 2.45) is 5.73 Å². The minimum absolute atomic E-state index is 0.122. The third kappa shape index (κ3) is 5.59. The highest BCUT2D eigenvalue weighted by Crippen LogP contribution is 2.19. The number of carbonyl (C=O) groups excluding carboxylic acids is 1. The Hall–Kier alpha value is -1.59. The Bertz CT molecular complexity index is 410. The standard InChI is InChI=1S/C15H24N2O3/c1-12(15(18)17-10-5-11-19-2)20-14-7-4-3-6-13(14)8-9-16/h3-4,6-7,12H,5,8-11,16H2,1-2H3,(H,17,18). The van der Waals surface area contributed by atoms with Crippen molar-refractivity contribution in [3.8, 4) is 5.75 Å². The predicted octanol–water partition coefficient (Wildman–Crippen LogP) is 1.11. The third-order valence-corrected chi connectivity index (χ3v) is 2.88. The number of benzene rings is 1. The third-order valence-electron chi connectivity index (χ3n) is 2.88. The van der Waals surface area contributed by atoms with Crippen LogP contribution < -0.4 is 15.8 Å². The van der Waals surface area contributed by atoms with Crippen LogP contribution in [0.15, 0.2) is 24.3 Å². The highest BCUT2D eigenvalue weighted by atomic mass is 16.5. The Morgan fingerprint density at radius 1 is 1.40 bits per heavy atom. The Morgan fingerprint density at radius 2 is 2.15 bits per heavy atom. The van der Waals surface area contributed by atoms with Crippen molar-refractivity contribution in [1.29, 1.82) is 0 Å². The van der Waals surface area contributed by atoms with Gasteiger partial charge in [-0.25, -0.2) is 0 Å². The molecule has 0 aliphatic heterocycles. The second-order valence-electron chi connectivity index (χ2n) is 4.54. The Morgan fingerprint density at radius 3 is 2.85 bits per heavy atom. The molecule has 1 aromatic carbocycles. The van der Waals surface area contributed by atoms with Crippen molar-refractivity contribution in [3.05, 3.63) is 29.8 Å². The average molecular weight is 280 g/mol. The van der Waals surface area contributed by atoms with E-state index in [0.29, 0.717) is 19.7 Å². The maximum atomic E-state index is 11.9. The molecule has 1 aromatic rings. The largest absolute Gasteiger partial charge is 0.481 e. The summed E-state index contributed by atoms with van der Waals surface area (Å²) in [6.45, 7) is 3.52.